The Morgan fingerprint density at radius 2 is 2.12 bits per heavy atom. The van der Waals surface area contributed by atoms with Crippen LogP contribution in [0.25, 0.3) is 0 Å². The Morgan fingerprint density at radius 1 is 1.27 bits per heavy atom. The van der Waals surface area contributed by atoms with Crippen LogP contribution in [0.2, 0.25) is 5.02 Å². The van der Waals surface area contributed by atoms with Crippen LogP contribution in [0.1, 0.15) is 30.0 Å². The summed E-state index contributed by atoms with van der Waals surface area (Å²) in [4.78, 5) is 14.6. The number of hydrogen-bond acceptors (Lipinski definition) is 3. The lowest BCUT2D eigenvalue weighted by Crippen LogP contribution is -2.37. The van der Waals surface area contributed by atoms with E-state index in [9.17, 15) is 4.79 Å². The Balaban J connectivity index is 1.51. The molecule has 1 amide bonds. The van der Waals surface area contributed by atoms with Crippen molar-refractivity contribution in [1.82, 2.24) is 10.2 Å². The van der Waals surface area contributed by atoms with E-state index in [-0.39, 0.29) is 11.9 Å². The van der Waals surface area contributed by atoms with Gasteiger partial charge in [-0.05, 0) is 61.2 Å². The molecule has 0 aliphatic carbocycles. The maximum atomic E-state index is 12.4. The Kier molecular flexibility index (Phi) is 6.53. The summed E-state index contributed by atoms with van der Waals surface area (Å²) in [5, 5.41) is 3.75. The summed E-state index contributed by atoms with van der Waals surface area (Å²) in [5.41, 5.74) is 2.35. The molecule has 3 rings (SSSR count). The number of halogens is 1. The Bertz CT molecular complexity index is 750. The number of carbonyl (C=O) groups is 1. The van der Waals surface area contributed by atoms with Crippen LogP contribution in [0.3, 0.4) is 0 Å². The van der Waals surface area contributed by atoms with Crippen molar-refractivity contribution >= 4 is 17.5 Å². The third-order valence-electron chi connectivity index (χ3n) is 4.81. The summed E-state index contributed by atoms with van der Waals surface area (Å²) >= 11 is 5.99. The highest BCUT2D eigenvalue weighted by Crippen LogP contribution is 2.32. The molecule has 1 aliphatic heterocycles. The predicted octanol–water partition coefficient (Wildman–Crippen LogP) is 3.84. The van der Waals surface area contributed by atoms with Crippen LogP contribution in [0.5, 0.6) is 5.75 Å². The lowest BCUT2D eigenvalue weighted by molar-refractivity contribution is -0.122. The van der Waals surface area contributed by atoms with Crippen LogP contribution in [-0.2, 0) is 11.2 Å². The van der Waals surface area contributed by atoms with Gasteiger partial charge in [-0.1, -0.05) is 35.9 Å². The third kappa shape index (κ3) is 4.99. The average molecular weight is 373 g/mol. The normalized spacial score (nSPS) is 17.2. The van der Waals surface area contributed by atoms with Gasteiger partial charge in [0.15, 0.2) is 0 Å². The van der Waals surface area contributed by atoms with Crippen molar-refractivity contribution in [1.29, 1.82) is 0 Å². The summed E-state index contributed by atoms with van der Waals surface area (Å²) < 4.78 is 5.33. The Morgan fingerprint density at radius 3 is 2.92 bits per heavy atom. The first-order chi connectivity index (χ1) is 12.7. The van der Waals surface area contributed by atoms with E-state index in [2.05, 4.69) is 22.3 Å². The predicted molar refractivity (Wildman–Crippen MR) is 105 cm³/mol. The molecule has 0 aromatic heterocycles. The fourth-order valence-electron chi connectivity index (χ4n) is 3.52. The van der Waals surface area contributed by atoms with Gasteiger partial charge in [0.25, 0.3) is 0 Å². The first kappa shape index (κ1) is 18.7. The van der Waals surface area contributed by atoms with Gasteiger partial charge < -0.3 is 10.1 Å². The van der Waals surface area contributed by atoms with Gasteiger partial charge in [0, 0.05) is 17.6 Å². The second kappa shape index (κ2) is 9.06. The molecular weight excluding hydrogens is 348 g/mol. The van der Waals surface area contributed by atoms with Crippen molar-refractivity contribution < 1.29 is 9.53 Å². The quantitative estimate of drug-likeness (QED) is 0.802. The molecule has 4 nitrogen and oxygen atoms in total. The van der Waals surface area contributed by atoms with Gasteiger partial charge in [0.2, 0.25) is 5.91 Å². The van der Waals surface area contributed by atoms with Crippen molar-refractivity contribution in [3.05, 3.63) is 64.7 Å². The van der Waals surface area contributed by atoms with Crippen molar-refractivity contribution in [3.63, 3.8) is 0 Å². The van der Waals surface area contributed by atoms with E-state index in [1.54, 1.807) is 7.11 Å². The number of carbonyl (C=O) groups excluding carboxylic acids is 1. The zero-order valence-electron chi connectivity index (χ0n) is 15.1. The van der Waals surface area contributed by atoms with Gasteiger partial charge in [-0.3, -0.25) is 9.69 Å². The van der Waals surface area contributed by atoms with Crippen molar-refractivity contribution in [2.75, 3.05) is 26.7 Å². The second-order valence-electron chi connectivity index (χ2n) is 6.63. The van der Waals surface area contributed by atoms with Crippen LogP contribution >= 0.6 is 11.6 Å². The lowest BCUT2D eigenvalue weighted by Gasteiger charge is -2.24. The minimum atomic E-state index is 0.0711. The van der Waals surface area contributed by atoms with Gasteiger partial charge in [-0.25, -0.2) is 0 Å². The summed E-state index contributed by atoms with van der Waals surface area (Å²) in [5.74, 6) is 0.933. The molecule has 26 heavy (non-hydrogen) atoms. The molecule has 1 atom stereocenters. The maximum absolute atomic E-state index is 12.4. The topological polar surface area (TPSA) is 41.6 Å². The number of methoxy groups -OCH3 is 1. The SMILES string of the molecule is COc1cccc(C2CCCN2CC(=O)NCCc2cccc(Cl)c2)c1. The van der Waals surface area contributed by atoms with E-state index in [1.165, 1.54) is 5.56 Å². The monoisotopic (exact) mass is 372 g/mol. The number of hydrogen-bond donors (Lipinski definition) is 1. The number of amides is 1. The molecule has 1 N–H and O–H groups in total. The van der Waals surface area contributed by atoms with E-state index < -0.39 is 0 Å². The molecule has 0 radical (unpaired) electrons. The van der Waals surface area contributed by atoms with Crippen molar-refractivity contribution in [2.24, 2.45) is 0 Å². The first-order valence-electron chi connectivity index (χ1n) is 9.05. The maximum Gasteiger partial charge on any atom is 0.234 e. The number of rotatable bonds is 7. The number of ether oxygens (including phenoxy) is 1. The molecule has 2 aromatic carbocycles. The molecule has 0 saturated carbocycles. The van der Waals surface area contributed by atoms with E-state index in [0.29, 0.717) is 13.1 Å². The first-order valence-corrected chi connectivity index (χ1v) is 9.42. The second-order valence-corrected chi connectivity index (χ2v) is 7.07. The highest BCUT2D eigenvalue weighted by atomic mass is 35.5. The molecule has 1 unspecified atom stereocenters. The van der Waals surface area contributed by atoms with E-state index in [4.69, 9.17) is 16.3 Å². The van der Waals surface area contributed by atoms with Crippen LogP contribution in [0.15, 0.2) is 48.5 Å². The average Bonchev–Trinajstić information content (AvgIpc) is 3.10. The van der Waals surface area contributed by atoms with Gasteiger partial charge in [-0.15, -0.1) is 0 Å². The minimum absolute atomic E-state index is 0.0711. The number of benzene rings is 2. The highest BCUT2D eigenvalue weighted by molar-refractivity contribution is 6.30. The molecule has 1 aliphatic rings. The fraction of sp³-hybridized carbons (Fsp3) is 0.381. The smallest absolute Gasteiger partial charge is 0.234 e. The summed E-state index contributed by atoms with van der Waals surface area (Å²) in [7, 11) is 1.68. The van der Waals surface area contributed by atoms with Crippen LogP contribution in [0, 0.1) is 0 Å². The van der Waals surface area contributed by atoms with E-state index >= 15 is 0 Å². The molecule has 0 spiro atoms. The van der Waals surface area contributed by atoms with Gasteiger partial charge in [-0.2, -0.15) is 0 Å². The largest absolute Gasteiger partial charge is 0.497 e. The van der Waals surface area contributed by atoms with E-state index in [1.807, 2.05) is 36.4 Å². The standard InChI is InChI=1S/C21H25ClN2O2/c1-26-19-8-3-6-17(14-19)20-9-4-12-24(20)15-21(25)23-11-10-16-5-2-7-18(22)13-16/h2-3,5-8,13-14,20H,4,9-12,15H2,1H3,(H,23,25). The van der Waals surface area contributed by atoms with Crippen molar-refractivity contribution in [3.8, 4) is 5.75 Å². The molecule has 1 saturated heterocycles. The molecular formula is C21H25ClN2O2. The summed E-state index contributed by atoms with van der Waals surface area (Å²) in [6.45, 7) is 2.00. The zero-order chi connectivity index (χ0) is 18.4. The minimum Gasteiger partial charge on any atom is -0.497 e. The summed E-state index contributed by atoms with van der Waals surface area (Å²) in [6.07, 6.45) is 2.96. The Hall–Kier alpha value is -2.04. The van der Waals surface area contributed by atoms with Gasteiger partial charge in [0.1, 0.15) is 5.75 Å². The molecule has 138 valence electrons. The molecule has 2 aromatic rings. The van der Waals surface area contributed by atoms with Gasteiger partial charge in [0.05, 0.1) is 13.7 Å². The summed E-state index contributed by atoms with van der Waals surface area (Å²) in [6, 6.07) is 16.2. The Labute approximate surface area is 160 Å². The molecule has 0 bridgehead atoms. The third-order valence-corrected chi connectivity index (χ3v) is 5.05. The van der Waals surface area contributed by atoms with Crippen LogP contribution in [0.4, 0.5) is 0 Å². The fourth-order valence-corrected chi connectivity index (χ4v) is 3.73. The molecule has 5 heteroatoms. The molecule has 1 heterocycles. The number of nitrogens with zero attached hydrogens (tertiary/aromatic N) is 1. The molecule has 1 fully saturated rings. The number of nitrogens with one attached hydrogen (secondary N) is 1. The van der Waals surface area contributed by atoms with Crippen molar-refractivity contribution in [2.45, 2.75) is 25.3 Å². The van der Waals surface area contributed by atoms with E-state index in [0.717, 1.165) is 42.1 Å². The van der Waals surface area contributed by atoms with Crippen LogP contribution in [-0.4, -0.2) is 37.6 Å². The highest BCUT2D eigenvalue weighted by Gasteiger charge is 2.27. The zero-order valence-corrected chi connectivity index (χ0v) is 15.8. The van der Waals surface area contributed by atoms with Crippen LogP contribution < -0.4 is 10.1 Å². The van der Waals surface area contributed by atoms with Gasteiger partial charge >= 0.3 is 0 Å². The lowest BCUT2D eigenvalue weighted by atomic mass is 10.0. The number of likely N-dealkylation sites (tertiary alicyclic amines) is 1.